The average Bonchev–Trinajstić information content (AvgIpc) is 2.47. The summed E-state index contributed by atoms with van der Waals surface area (Å²) in [4.78, 5) is 0. The zero-order chi connectivity index (χ0) is 13.2. The van der Waals surface area contributed by atoms with E-state index in [1.807, 2.05) is 13.8 Å². The van der Waals surface area contributed by atoms with Gasteiger partial charge in [0, 0.05) is 11.0 Å². The van der Waals surface area contributed by atoms with Gasteiger partial charge in [0.25, 0.3) is 0 Å². The van der Waals surface area contributed by atoms with Crippen molar-refractivity contribution in [3.63, 3.8) is 0 Å². The second-order valence-corrected chi connectivity index (χ2v) is 5.93. The van der Waals surface area contributed by atoms with Crippen LogP contribution in [0.5, 0.6) is 0 Å². The minimum atomic E-state index is -4.77. The molecule has 2 bridgehead atoms. The molecule has 0 aromatic heterocycles. The number of hydrogen-bond acceptors (Lipinski definition) is 2. The van der Waals surface area contributed by atoms with Gasteiger partial charge in [0.15, 0.2) is 5.76 Å². The van der Waals surface area contributed by atoms with Crippen molar-refractivity contribution in [3.8, 4) is 0 Å². The second kappa shape index (κ2) is 3.19. The Kier molecular flexibility index (Phi) is 2.39. The molecule has 0 aliphatic heterocycles. The molecule has 0 radical (unpaired) electrons. The van der Waals surface area contributed by atoms with Crippen LogP contribution in [0.1, 0.15) is 33.6 Å². The van der Waals surface area contributed by atoms with E-state index in [0.717, 1.165) is 0 Å². The number of aliphatic hydroxyl groups excluding tert-OH is 2. The van der Waals surface area contributed by atoms with Gasteiger partial charge in [-0.25, -0.2) is 0 Å². The van der Waals surface area contributed by atoms with E-state index in [-0.39, 0.29) is 11.5 Å². The zero-order valence-electron chi connectivity index (χ0n) is 10.1. The van der Waals surface area contributed by atoms with Gasteiger partial charge in [-0.3, -0.25) is 0 Å². The smallest absolute Gasteiger partial charge is 0.448 e. The molecule has 2 saturated carbocycles. The molecule has 98 valence electrons. The van der Waals surface area contributed by atoms with E-state index >= 15 is 0 Å². The third-order valence-corrected chi connectivity index (χ3v) is 5.11. The summed E-state index contributed by atoms with van der Waals surface area (Å²) in [7, 11) is 0. The Morgan fingerprint density at radius 2 is 1.82 bits per heavy atom. The van der Waals surface area contributed by atoms with Crippen molar-refractivity contribution in [1.82, 2.24) is 0 Å². The third kappa shape index (κ3) is 1.38. The number of rotatable bonds is 0. The molecule has 0 aromatic carbocycles. The first-order valence-electron chi connectivity index (χ1n) is 5.72. The summed E-state index contributed by atoms with van der Waals surface area (Å²) in [5, 5.41) is 19.4. The summed E-state index contributed by atoms with van der Waals surface area (Å²) < 4.78 is 37.7. The van der Waals surface area contributed by atoms with Crippen LogP contribution in [0.4, 0.5) is 13.2 Å². The maximum atomic E-state index is 12.6. The van der Waals surface area contributed by atoms with E-state index in [4.69, 9.17) is 0 Å². The highest BCUT2D eigenvalue weighted by atomic mass is 19.4. The summed E-state index contributed by atoms with van der Waals surface area (Å²) in [5.74, 6) is -1.98. The first-order chi connectivity index (χ1) is 7.53. The van der Waals surface area contributed by atoms with Gasteiger partial charge < -0.3 is 10.2 Å². The molecule has 1 unspecified atom stereocenters. The molecule has 3 atom stereocenters. The van der Waals surface area contributed by atoms with E-state index in [1.54, 1.807) is 6.92 Å². The third-order valence-electron chi connectivity index (χ3n) is 5.11. The van der Waals surface area contributed by atoms with Gasteiger partial charge in [0.1, 0.15) is 0 Å². The van der Waals surface area contributed by atoms with E-state index in [1.165, 1.54) is 0 Å². The quantitative estimate of drug-likeness (QED) is 0.648. The molecular weight excluding hydrogens is 233 g/mol. The Hall–Kier alpha value is -0.710. The lowest BCUT2D eigenvalue weighted by Gasteiger charge is -2.36. The number of fused-ring (bicyclic) bond motifs is 2. The summed E-state index contributed by atoms with van der Waals surface area (Å²) in [5.41, 5.74) is -1.20. The Bertz CT molecular complexity index is 384. The number of alkyl halides is 3. The molecule has 2 fully saturated rings. The number of allylic oxidation sites excluding steroid dienone is 1. The van der Waals surface area contributed by atoms with Gasteiger partial charge in [-0.15, -0.1) is 0 Å². The first-order valence-corrected chi connectivity index (χ1v) is 5.72. The fourth-order valence-corrected chi connectivity index (χ4v) is 3.55. The normalized spacial score (nSPS) is 43.0. The summed E-state index contributed by atoms with van der Waals surface area (Å²) in [6, 6.07) is 0. The maximum absolute atomic E-state index is 12.6. The van der Waals surface area contributed by atoms with Crippen LogP contribution in [0.15, 0.2) is 11.3 Å². The second-order valence-electron chi connectivity index (χ2n) is 5.93. The van der Waals surface area contributed by atoms with Crippen LogP contribution in [0.3, 0.4) is 0 Å². The average molecular weight is 250 g/mol. The first kappa shape index (κ1) is 12.7. The molecule has 17 heavy (non-hydrogen) atoms. The van der Waals surface area contributed by atoms with Crippen LogP contribution in [0.2, 0.25) is 0 Å². The molecule has 2 nitrogen and oxygen atoms in total. The van der Waals surface area contributed by atoms with Gasteiger partial charge in [-0.2, -0.15) is 13.2 Å². The van der Waals surface area contributed by atoms with E-state index in [0.29, 0.717) is 12.8 Å². The standard InChI is InChI=1S/C12H17F3O2/c1-10(2)6-4-5-11(10,3)8(16)7(6)9(17)12(13,14)15/h6,8,16-17H,4-5H2,1-3H3/b9-7-/t6-,8?,11-/m0/s1. The Morgan fingerprint density at radius 3 is 2.18 bits per heavy atom. The molecule has 0 spiro atoms. The van der Waals surface area contributed by atoms with Gasteiger partial charge >= 0.3 is 6.18 Å². The Labute approximate surface area is 98.1 Å². The Morgan fingerprint density at radius 1 is 1.29 bits per heavy atom. The van der Waals surface area contributed by atoms with Crippen molar-refractivity contribution in [2.75, 3.05) is 0 Å². The number of aliphatic hydroxyl groups is 2. The molecule has 0 saturated heterocycles. The van der Waals surface area contributed by atoms with Crippen molar-refractivity contribution in [2.24, 2.45) is 16.7 Å². The SMILES string of the molecule is CC1(C)[C@H]2CC[C@@]1(C)C(O)/C2=C(\O)C(F)(F)F. The van der Waals surface area contributed by atoms with Crippen molar-refractivity contribution in [2.45, 2.75) is 45.9 Å². The van der Waals surface area contributed by atoms with Crippen LogP contribution < -0.4 is 0 Å². The molecule has 2 aliphatic rings. The highest BCUT2D eigenvalue weighted by molar-refractivity contribution is 5.35. The summed E-state index contributed by atoms with van der Waals surface area (Å²) in [6.45, 7) is 5.53. The van der Waals surface area contributed by atoms with Crippen molar-refractivity contribution in [1.29, 1.82) is 0 Å². The van der Waals surface area contributed by atoms with E-state index < -0.39 is 28.9 Å². The van der Waals surface area contributed by atoms with E-state index in [9.17, 15) is 23.4 Å². The van der Waals surface area contributed by atoms with Crippen LogP contribution in [0.25, 0.3) is 0 Å². The van der Waals surface area contributed by atoms with Gasteiger partial charge in [-0.05, 0) is 24.2 Å². The fraction of sp³-hybridized carbons (Fsp3) is 0.833. The number of halogens is 3. The van der Waals surface area contributed by atoms with Crippen LogP contribution in [-0.2, 0) is 0 Å². The van der Waals surface area contributed by atoms with Gasteiger partial charge in [-0.1, -0.05) is 20.8 Å². The van der Waals surface area contributed by atoms with Crippen molar-refractivity contribution < 1.29 is 23.4 Å². The van der Waals surface area contributed by atoms with Gasteiger partial charge in [0.2, 0.25) is 0 Å². The predicted octanol–water partition coefficient (Wildman–Crippen LogP) is 3.18. The van der Waals surface area contributed by atoms with E-state index in [2.05, 4.69) is 0 Å². The lowest BCUT2D eigenvalue weighted by Crippen LogP contribution is -2.36. The minimum absolute atomic E-state index is 0.212. The summed E-state index contributed by atoms with van der Waals surface area (Å²) >= 11 is 0. The fourth-order valence-electron chi connectivity index (χ4n) is 3.55. The molecule has 2 aliphatic carbocycles. The maximum Gasteiger partial charge on any atom is 0.448 e. The summed E-state index contributed by atoms with van der Waals surface area (Å²) in [6.07, 6.45) is -4.68. The predicted molar refractivity (Wildman–Crippen MR) is 56.3 cm³/mol. The topological polar surface area (TPSA) is 40.5 Å². The molecule has 2 rings (SSSR count). The highest BCUT2D eigenvalue weighted by Gasteiger charge is 2.65. The van der Waals surface area contributed by atoms with Crippen LogP contribution in [-0.4, -0.2) is 22.5 Å². The van der Waals surface area contributed by atoms with Crippen molar-refractivity contribution >= 4 is 0 Å². The van der Waals surface area contributed by atoms with Gasteiger partial charge in [0.05, 0.1) is 6.10 Å². The molecule has 0 aromatic rings. The molecule has 2 N–H and O–H groups in total. The van der Waals surface area contributed by atoms with Crippen LogP contribution >= 0.6 is 0 Å². The largest absolute Gasteiger partial charge is 0.504 e. The minimum Gasteiger partial charge on any atom is -0.504 e. The zero-order valence-corrected chi connectivity index (χ0v) is 10.1. The lowest BCUT2D eigenvalue weighted by atomic mass is 9.70. The molecule has 0 amide bonds. The Balaban J connectivity index is 2.56. The monoisotopic (exact) mass is 250 g/mol. The lowest BCUT2D eigenvalue weighted by molar-refractivity contribution is -0.124. The highest BCUT2D eigenvalue weighted by Crippen LogP contribution is 2.68. The number of hydrogen-bond donors (Lipinski definition) is 2. The molecule has 5 heteroatoms. The van der Waals surface area contributed by atoms with Crippen LogP contribution in [0, 0.1) is 16.7 Å². The molecule has 0 heterocycles. The molecular formula is C12H17F3O2. The van der Waals surface area contributed by atoms with Crippen molar-refractivity contribution in [3.05, 3.63) is 11.3 Å².